The number of amides is 1. The standard InChI is InChI=1S/C24H27NO5/c1-5-14-30-19-10-6-16(7-11-19)21-20(22(26)15(2)3)23(27)24(28)25(21)17-8-12-18(29-4)13-9-17/h6-13,15,21,27H,5,14H2,1-4H3. The number of methoxy groups -OCH3 is 1. The summed E-state index contributed by atoms with van der Waals surface area (Å²) in [6, 6.07) is 13.5. The van der Waals surface area contributed by atoms with Crippen LogP contribution in [-0.4, -0.2) is 30.5 Å². The Morgan fingerprint density at radius 2 is 1.67 bits per heavy atom. The lowest BCUT2D eigenvalue weighted by molar-refractivity contribution is -0.119. The van der Waals surface area contributed by atoms with Crippen molar-refractivity contribution in [2.24, 2.45) is 5.92 Å². The lowest BCUT2D eigenvalue weighted by atomic mass is 9.91. The minimum atomic E-state index is -0.721. The van der Waals surface area contributed by atoms with Crippen LogP contribution in [0.15, 0.2) is 59.9 Å². The van der Waals surface area contributed by atoms with Gasteiger partial charge in [0.15, 0.2) is 11.5 Å². The van der Waals surface area contributed by atoms with Gasteiger partial charge in [-0.15, -0.1) is 0 Å². The number of aliphatic hydroxyl groups excluding tert-OH is 1. The highest BCUT2D eigenvalue weighted by Crippen LogP contribution is 2.42. The van der Waals surface area contributed by atoms with E-state index in [1.165, 1.54) is 4.90 Å². The van der Waals surface area contributed by atoms with E-state index in [-0.39, 0.29) is 17.3 Å². The van der Waals surface area contributed by atoms with Crippen molar-refractivity contribution < 1.29 is 24.2 Å². The summed E-state index contributed by atoms with van der Waals surface area (Å²) in [5.74, 6) is -0.351. The average molecular weight is 409 g/mol. The maximum absolute atomic E-state index is 13.0. The Bertz CT molecular complexity index is 945. The summed E-state index contributed by atoms with van der Waals surface area (Å²) in [6.07, 6.45) is 0.897. The molecule has 0 aromatic heterocycles. The molecule has 0 aliphatic carbocycles. The van der Waals surface area contributed by atoms with Gasteiger partial charge in [-0.25, -0.2) is 0 Å². The summed E-state index contributed by atoms with van der Waals surface area (Å²) < 4.78 is 10.8. The van der Waals surface area contributed by atoms with Crippen LogP contribution in [0.25, 0.3) is 0 Å². The summed E-state index contributed by atoms with van der Waals surface area (Å²) >= 11 is 0. The van der Waals surface area contributed by atoms with E-state index in [9.17, 15) is 14.7 Å². The van der Waals surface area contributed by atoms with E-state index in [2.05, 4.69) is 0 Å². The monoisotopic (exact) mass is 409 g/mol. The van der Waals surface area contributed by atoms with Crippen LogP contribution in [-0.2, 0) is 9.59 Å². The van der Waals surface area contributed by atoms with Gasteiger partial charge in [0, 0.05) is 11.6 Å². The third kappa shape index (κ3) is 4.03. The molecule has 2 aromatic rings. The normalized spacial score (nSPS) is 16.4. The molecule has 1 unspecified atom stereocenters. The number of ketones is 1. The lowest BCUT2D eigenvalue weighted by Gasteiger charge is -2.27. The van der Waals surface area contributed by atoms with E-state index >= 15 is 0 Å². The molecule has 158 valence electrons. The zero-order chi connectivity index (χ0) is 21.8. The van der Waals surface area contributed by atoms with Gasteiger partial charge in [-0.3, -0.25) is 14.5 Å². The number of aliphatic hydroxyl groups is 1. The van der Waals surface area contributed by atoms with Gasteiger partial charge in [-0.1, -0.05) is 32.9 Å². The van der Waals surface area contributed by atoms with Gasteiger partial charge in [0.05, 0.1) is 25.3 Å². The molecule has 0 radical (unpaired) electrons. The molecular formula is C24H27NO5. The van der Waals surface area contributed by atoms with Crippen LogP contribution in [0.4, 0.5) is 5.69 Å². The van der Waals surface area contributed by atoms with Crippen LogP contribution in [0.5, 0.6) is 11.5 Å². The number of anilines is 1. The van der Waals surface area contributed by atoms with Crippen molar-refractivity contribution in [3.8, 4) is 11.5 Å². The van der Waals surface area contributed by atoms with E-state index in [1.54, 1.807) is 45.2 Å². The van der Waals surface area contributed by atoms with E-state index in [4.69, 9.17) is 9.47 Å². The highest BCUT2D eigenvalue weighted by Gasteiger charge is 2.44. The molecule has 1 atom stereocenters. The Morgan fingerprint density at radius 3 is 2.20 bits per heavy atom. The van der Waals surface area contributed by atoms with Crippen LogP contribution in [0.2, 0.25) is 0 Å². The second-order valence-electron chi connectivity index (χ2n) is 7.47. The minimum absolute atomic E-state index is 0.119. The first-order valence-electron chi connectivity index (χ1n) is 10.1. The molecular weight excluding hydrogens is 382 g/mol. The summed E-state index contributed by atoms with van der Waals surface area (Å²) in [6.45, 7) is 6.14. The SMILES string of the molecule is CCCOc1ccc(C2C(C(=O)C(C)C)=C(O)C(=O)N2c2ccc(OC)cc2)cc1. The average Bonchev–Trinajstić information content (AvgIpc) is 3.02. The van der Waals surface area contributed by atoms with Gasteiger partial charge in [0.1, 0.15) is 11.5 Å². The number of nitrogens with zero attached hydrogens (tertiary/aromatic N) is 1. The molecule has 1 aliphatic heterocycles. The Morgan fingerprint density at radius 1 is 1.07 bits per heavy atom. The highest BCUT2D eigenvalue weighted by molar-refractivity contribution is 6.16. The molecule has 0 saturated heterocycles. The highest BCUT2D eigenvalue weighted by atomic mass is 16.5. The Balaban J connectivity index is 2.07. The molecule has 1 amide bonds. The molecule has 0 fully saturated rings. The molecule has 6 nitrogen and oxygen atoms in total. The number of carbonyl (C=O) groups excluding carboxylic acids is 2. The van der Waals surface area contributed by atoms with E-state index in [1.807, 2.05) is 31.2 Å². The number of ether oxygens (including phenoxy) is 2. The Labute approximate surface area is 176 Å². The molecule has 30 heavy (non-hydrogen) atoms. The topological polar surface area (TPSA) is 76.1 Å². The fourth-order valence-electron chi connectivity index (χ4n) is 3.46. The van der Waals surface area contributed by atoms with Crippen molar-refractivity contribution in [1.29, 1.82) is 0 Å². The molecule has 6 heteroatoms. The van der Waals surface area contributed by atoms with Gasteiger partial charge in [0.2, 0.25) is 0 Å². The maximum atomic E-state index is 13.0. The Hall–Kier alpha value is -3.28. The third-order valence-corrected chi connectivity index (χ3v) is 5.02. The number of rotatable bonds is 8. The molecule has 0 bridgehead atoms. The van der Waals surface area contributed by atoms with Gasteiger partial charge in [0.25, 0.3) is 5.91 Å². The lowest BCUT2D eigenvalue weighted by Crippen LogP contribution is -2.31. The number of hydrogen-bond donors (Lipinski definition) is 1. The van der Waals surface area contributed by atoms with E-state index in [0.29, 0.717) is 23.8 Å². The van der Waals surface area contributed by atoms with Crippen LogP contribution in [0.3, 0.4) is 0 Å². The largest absolute Gasteiger partial charge is 0.503 e. The van der Waals surface area contributed by atoms with E-state index in [0.717, 1.165) is 12.0 Å². The first-order valence-corrected chi connectivity index (χ1v) is 10.1. The smallest absolute Gasteiger partial charge is 0.294 e. The Kier molecular flexibility index (Phi) is 6.45. The van der Waals surface area contributed by atoms with Crippen LogP contribution < -0.4 is 14.4 Å². The van der Waals surface area contributed by atoms with Gasteiger partial charge >= 0.3 is 0 Å². The fourth-order valence-corrected chi connectivity index (χ4v) is 3.46. The number of hydrogen-bond acceptors (Lipinski definition) is 5. The van der Waals surface area contributed by atoms with Crippen molar-refractivity contribution >= 4 is 17.4 Å². The quantitative estimate of drug-likeness (QED) is 0.689. The first kappa shape index (κ1) is 21.4. The molecule has 1 aliphatic rings. The molecule has 2 aromatic carbocycles. The molecule has 1 N–H and O–H groups in total. The van der Waals surface area contributed by atoms with Crippen molar-refractivity contribution in [2.75, 3.05) is 18.6 Å². The third-order valence-electron chi connectivity index (χ3n) is 5.02. The van der Waals surface area contributed by atoms with Crippen molar-refractivity contribution in [1.82, 2.24) is 0 Å². The van der Waals surface area contributed by atoms with Gasteiger partial charge in [-0.05, 0) is 48.4 Å². The number of Topliss-reactive ketones (excluding diaryl/α,β-unsaturated/α-hetero) is 1. The maximum Gasteiger partial charge on any atom is 0.294 e. The summed E-state index contributed by atoms with van der Waals surface area (Å²) in [5, 5.41) is 10.6. The van der Waals surface area contributed by atoms with E-state index < -0.39 is 17.7 Å². The van der Waals surface area contributed by atoms with Crippen molar-refractivity contribution in [3.05, 3.63) is 65.4 Å². The zero-order valence-corrected chi connectivity index (χ0v) is 17.7. The summed E-state index contributed by atoms with van der Waals surface area (Å²) in [7, 11) is 1.56. The fraction of sp³-hybridized carbons (Fsp3) is 0.333. The van der Waals surface area contributed by atoms with Crippen LogP contribution >= 0.6 is 0 Å². The van der Waals surface area contributed by atoms with Crippen molar-refractivity contribution in [3.63, 3.8) is 0 Å². The molecule has 0 saturated carbocycles. The molecule has 3 rings (SSSR count). The van der Waals surface area contributed by atoms with Gasteiger partial charge < -0.3 is 14.6 Å². The zero-order valence-electron chi connectivity index (χ0n) is 17.7. The second-order valence-corrected chi connectivity index (χ2v) is 7.47. The number of carbonyl (C=O) groups is 2. The second kappa shape index (κ2) is 9.03. The van der Waals surface area contributed by atoms with Crippen molar-refractivity contribution in [2.45, 2.75) is 33.2 Å². The minimum Gasteiger partial charge on any atom is -0.503 e. The van der Waals surface area contributed by atoms with Crippen LogP contribution in [0, 0.1) is 5.92 Å². The summed E-state index contributed by atoms with van der Waals surface area (Å²) in [5.41, 5.74) is 1.40. The first-order chi connectivity index (χ1) is 14.4. The van der Waals surface area contributed by atoms with Gasteiger partial charge in [-0.2, -0.15) is 0 Å². The predicted octanol–water partition coefficient (Wildman–Crippen LogP) is 4.61. The van der Waals surface area contributed by atoms with Crippen LogP contribution in [0.1, 0.15) is 38.8 Å². The number of benzene rings is 2. The summed E-state index contributed by atoms with van der Waals surface area (Å²) in [4.78, 5) is 27.4. The molecule has 0 spiro atoms. The molecule has 1 heterocycles. The predicted molar refractivity (Wildman–Crippen MR) is 115 cm³/mol.